The lowest BCUT2D eigenvalue weighted by atomic mass is 10.2. The number of rotatable bonds is 6. The molecule has 0 unspecified atom stereocenters. The lowest BCUT2D eigenvalue weighted by Gasteiger charge is -2.11. The zero-order valence-corrected chi connectivity index (χ0v) is 12.3. The number of hydrogen-bond donors (Lipinski definition) is 0. The highest BCUT2D eigenvalue weighted by atomic mass is 35.5. The zero-order valence-electron chi connectivity index (χ0n) is 11.5. The molecule has 0 spiro atoms. The van der Waals surface area contributed by atoms with Crippen LogP contribution in [0.1, 0.15) is 12.5 Å². The Morgan fingerprint density at radius 1 is 0.905 bits per heavy atom. The van der Waals surface area contributed by atoms with Crippen molar-refractivity contribution in [3.8, 4) is 11.5 Å². The van der Waals surface area contributed by atoms with E-state index in [0.717, 1.165) is 18.6 Å². The van der Waals surface area contributed by atoms with Gasteiger partial charge in [-0.1, -0.05) is 30.7 Å². The number of halogens is 3. The maximum atomic E-state index is 13.4. The maximum absolute atomic E-state index is 13.4. The van der Waals surface area contributed by atoms with E-state index in [9.17, 15) is 8.78 Å². The minimum Gasteiger partial charge on any atom is -0.490 e. The molecule has 0 saturated carbocycles. The summed E-state index contributed by atoms with van der Waals surface area (Å²) in [6, 6.07) is 9.58. The van der Waals surface area contributed by atoms with Crippen molar-refractivity contribution in [3.63, 3.8) is 0 Å². The minimum atomic E-state index is -0.718. The number of hydrogen-bond acceptors (Lipinski definition) is 2. The topological polar surface area (TPSA) is 18.5 Å². The van der Waals surface area contributed by atoms with E-state index in [1.807, 2.05) is 24.3 Å². The first kappa shape index (κ1) is 15.6. The Hall–Kier alpha value is -1.81. The lowest BCUT2D eigenvalue weighted by Crippen LogP contribution is -2.10. The Kier molecular flexibility index (Phi) is 5.39. The molecule has 0 aromatic heterocycles. The molecular formula is C16H15ClF2O2. The highest BCUT2D eigenvalue weighted by Gasteiger charge is 2.13. The summed E-state index contributed by atoms with van der Waals surface area (Å²) in [5.74, 6) is -1.01. The summed E-state index contributed by atoms with van der Waals surface area (Å²) in [5.41, 5.74) is 1.22. The van der Waals surface area contributed by atoms with E-state index < -0.39 is 11.6 Å². The quantitative estimate of drug-likeness (QED) is 0.571. The second kappa shape index (κ2) is 7.27. The van der Waals surface area contributed by atoms with Crippen molar-refractivity contribution in [2.24, 2.45) is 0 Å². The van der Waals surface area contributed by atoms with Crippen LogP contribution in [0.25, 0.3) is 0 Å². The van der Waals surface area contributed by atoms with Crippen LogP contribution < -0.4 is 9.47 Å². The molecule has 2 aromatic rings. The second-order valence-corrected chi connectivity index (χ2v) is 4.74. The highest BCUT2D eigenvalue weighted by Crippen LogP contribution is 2.30. The van der Waals surface area contributed by atoms with Crippen molar-refractivity contribution in [1.29, 1.82) is 0 Å². The van der Waals surface area contributed by atoms with Gasteiger partial charge in [0.2, 0.25) is 0 Å². The minimum absolute atomic E-state index is 0.0651. The second-order valence-electron chi connectivity index (χ2n) is 4.37. The van der Waals surface area contributed by atoms with Gasteiger partial charge in [0, 0.05) is 0 Å². The van der Waals surface area contributed by atoms with E-state index in [1.54, 1.807) is 0 Å². The summed E-state index contributed by atoms with van der Waals surface area (Å²) >= 11 is 5.65. The Balaban J connectivity index is 1.86. The third-order valence-corrected chi connectivity index (χ3v) is 3.28. The molecule has 0 heterocycles. The summed E-state index contributed by atoms with van der Waals surface area (Å²) in [6.07, 6.45) is 0.959. The molecule has 112 valence electrons. The van der Waals surface area contributed by atoms with Crippen LogP contribution in [-0.2, 0) is 6.42 Å². The summed E-state index contributed by atoms with van der Waals surface area (Å²) in [5, 5.41) is -0.359. The molecule has 0 fully saturated rings. The van der Waals surface area contributed by atoms with Crippen LogP contribution in [0.2, 0.25) is 5.02 Å². The summed E-state index contributed by atoms with van der Waals surface area (Å²) < 4.78 is 37.2. The van der Waals surface area contributed by atoms with Gasteiger partial charge in [-0.2, -0.15) is 0 Å². The standard InChI is InChI=1S/C16H15ClF2O2/c1-2-11-3-5-12(6-4-11)20-9-10-21-16-14(19)8-7-13(18)15(16)17/h3-8H,2,9-10H2,1H3. The van der Waals surface area contributed by atoms with E-state index in [0.29, 0.717) is 5.75 Å². The molecule has 0 saturated heterocycles. The van der Waals surface area contributed by atoms with Crippen LogP contribution in [0.15, 0.2) is 36.4 Å². The van der Waals surface area contributed by atoms with Gasteiger partial charge in [-0.15, -0.1) is 0 Å². The molecule has 0 aliphatic rings. The predicted octanol–water partition coefficient (Wildman–Crippen LogP) is 4.64. The van der Waals surface area contributed by atoms with Gasteiger partial charge in [-0.05, 0) is 36.2 Å². The monoisotopic (exact) mass is 312 g/mol. The Bertz CT molecular complexity index is 600. The first-order valence-electron chi connectivity index (χ1n) is 6.60. The molecule has 0 N–H and O–H groups in total. The van der Waals surface area contributed by atoms with Gasteiger partial charge in [0.15, 0.2) is 11.6 Å². The summed E-state index contributed by atoms with van der Waals surface area (Å²) in [7, 11) is 0. The average Bonchev–Trinajstić information content (AvgIpc) is 2.51. The molecule has 0 aliphatic carbocycles. The summed E-state index contributed by atoms with van der Waals surface area (Å²) in [6.45, 7) is 2.34. The first-order valence-corrected chi connectivity index (χ1v) is 6.97. The van der Waals surface area contributed by atoms with Crippen molar-refractivity contribution in [3.05, 3.63) is 58.6 Å². The van der Waals surface area contributed by atoms with Gasteiger partial charge in [0.1, 0.15) is 29.8 Å². The van der Waals surface area contributed by atoms with Crippen LogP contribution in [0.5, 0.6) is 11.5 Å². The summed E-state index contributed by atoms with van der Waals surface area (Å²) in [4.78, 5) is 0. The Morgan fingerprint density at radius 2 is 1.52 bits per heavy atom. The number of ether oxygens (including phenoxy) is 2. The molecule has 0 atom stereocenters. The number of benzene rings is 2. The molecule has 2 aromatic carbocycles. The normalized spacial score (nSPS) is 10.5. The van der Waals surface area contributed by atoms with Crippen molar-refractivity contribution in [1.82, 2.24) is 0 Å². The Morgan fingerprint density at radius 3 is 2.19 bits per heavy atom. The van der Waals surface area contributed by atoms with Gasteiger partial charge in [0.05, 0.1) is 0 Å². The fraction of sp³-hybridized carbons (Fsp3) is 0.250. The van der Waals surface area contributed by atoms with Gasteiger partial charge < -0.3 is 9.47 Å². The largest absolute Gasteiger partial charge is 0.490 e. The van der Waals surface area contributed by atoms with E-state index in [-0.39, 0.29) is 24.0 Å². The third kappa shape index (κ3) is 4.08. The van der Waals surface area contributed by atoms with Crippen molar-refractivity contribution in [2.75, 3.05) is 13.2 Å². The SMILES string of the molecule is CCc1ccc(OCCOc2c(F)ccc(F)c2Cl)cc1. The van der Waals surface area contributed by atoms with Gasteiger partial charge in [-0.3, -0.25) is 0 Å². The van der Waals surface area contributed by atoms with Crippen molar-refractivity contribution in [2.45, 2.75) is 13.3 Å². The van der Waals surface area contributed by atoms with E-state index in [4.69, 9.17) is 21.1 Å². The molecule has 21 heavy (non-hydrogen) atoms. The van der Waals surface area contributed by atoms with E-state index in [1.165, 1.54) is 5.56 Å². The Labute approximate surface area is 127 Å². The van der Waals surface area contributed by atoms with Crippen LogP contribution in [0.3, 0.4) is 0 Å². The van der Waals surface area contributed by atoms with Crippen LogP contribution >= 0.6 is 11.6 Å². The third-order valence-electron chi connectivity index (χ3n) is 2.93. The number of aryl methyl sites for hydroxylation is 1. The smallest absolute Gasteiger partial charge is 0.176 e. The van der Waals surface area contributed by atoms with Crippen molar-refractivity contribution < 1.29 is 18.3 Å². The predicted molar refractivity (Wildman–Crippen MR) is 78.2 cm³/mol. The molecule has 2 rings (SSSR count). The first-order chi connectivity index (χ1) is 10.1. The molecule has 5 heteroatoms. The van der Waals surface area contributed by atoms with Crippen LogP contribution in [0.4, 0.5) is 8.78 Å². The fourth-order valence-electron chi connectivity index (χ4n) is 1.77. The molecule has 0 amide bonds. The van der Waals surface area contributed by atoms with Crippen LogP contribution in [0, 0.1) is 11.6 Å². The van der Waals surface area contributed by atoms with Gasteiger partial charge in [-0.25, -0.2) is 8.78 Å². The van der Waals surface area contributed by atoms with Gasteiger partial charge >= 0.3 is 0 Å². The fourth-order valence-corrected chi connectivity index (χ4v) is 1.97. The molecule has 0 aliphatic heterocycles. The maximum Gasteiger partial charge on any atom is 0.176 e. The van der Waals surface area contributed by atoms with Gasteiger partial charge in [0.25, 0.3) is 0 Å². The molecule has 0 radical (unpaired) electrons. The molecule has 0 bridgehead atoms. The van der Waals surface area contributed by atoms with E-state index in [2.05, 4.69) is 6.92 Å². The zero-order chi connectivity index (χ0) is 15.2. The lowest BCUT2D eigenvalue weighted by molar-refractivity contribution is 0.211. The van der Waals surface area contributed by atoms with Crippen molar-refractivity contribution >= 4 is 11.6 Å². The van der Waals surface area contributed by atoms with Crippen LogP contribution in [-0.4, -0.2) is 13.2 Å². The van der Waals surface area contributed by atoms with E-state index >= 15 is 0 Å². The molecule has 2 nitrogen and oxygen atoms in total. The highest BCUT2D eigenvalue weighted by molar-refractivity contribution is 6.32. The average molecular weight is 313 g/mol. The molecular weight excluding hydrogens is 298 g/mol.